The lowest BCUT2D eigenvalue weighted by atomic mass is 9.87. The Labute approximate surface area is 186 Å². The van der Waals surface area contributed by atoms with Crippen molar-refractivity contribution >= 4 is 17.5 Å². The van der Waals surface area contributed by atoms with E-state index in [4.69, 9.17) is 4.74 Å². The summed E-state index contributed by atoms with van der Waals surface area (Å²) in [6.07, 6.45) is 1.21. The molecule has 0 aliphatic carbocycles. The molecule has 2 aromatic rings. The van der Waals surface area contributed by atoms with Crippen LogP contribution in [0.2, 0.25) is 0 Å². The van der Waals surface area contributed by atoms with Crippen LogP contribution in [0.1, 0.15) is 70.3 Å². The molecule has 0 spiro atoms. The van der Waals surface area contributed by atoms with Crippen LogP contribution in [-0.4, -0.2) is 35.9 Å². The van der Waals surface area contributed by atoms with Gasteiger partial charge in [0.25, 0.3) is 11.8 Å². The molecule has 0 fully saturated rings. The van der Waals surface area contributed by atoms with E-state index >= 15 is 0 Å². The van der Waals surface area contributed by atoms with Crippen molar-refractivity contribution in [1.29, 1.82) is 0 Å². The fraction of sp³-hybridized carbons (Fsp3) is 0.462. The maximum atomic E-state index is 12.7. The fourth-order valence-electron chi connectivity index (χ4n) is 3.27. The van der Waals surface area contributed by atoms with E-state index in [-0.39, 0.29) is 17.2 Å². The molecule has 1 N–H and O–H groups in total. The Morgan fingerprint density at radius 3 is 1.97 bits per heavy atom. The molecule has 1 unspecified atom stereocenters. The fourth-order valence-corrected chi connectivity index (χ4v) is 3.27. The van der Waals surface area contributed by atoms with E-state index in [1.54, 1.807) is 31.2 Å². The molecule has 168 valence electrons. The average molecular weight is 425 g/mol. The summed E-state index contributed by atoms with van der Waals surface area (Å²) in [5.41, 5.74) is 2.54. The second-order valence-electron chi connectivity index (χ2n) is 8.89. The molecule has 0 saturated heterocycles. The minimum Gasteiger partial charge on any atom is -0.481 e. The molecule has 2 aromatic carbocycles. The van der Waals surface area contributed by atoms with Crippen molar-refractivity contribution in [2.24, 2.45) is 0 Å². The predicted octanol–water partition coefficient (Wildman–Crippen LogP) is 5.65. The van der Waals surface area contributed by atoms with E-state index < -0.39 is 6.10 Å². The van der Waals surface area contributed by atoms with E-state index in [1.165, 1.54) is 5.56 Å². The molecule has 1 atom stereocenters. The Morgan fingerprint density at radius 2 is 1.48 bits per heavy atom. The second-order valence-corrected chi connectivity index (χ2v) is 8.89. The zero-order chi connectivity index (χ0) is 23.0. The first-order chi connectivity index (χ1) is 14.7. The number of amides is 2. The average Bonchev–Trinajstić information content (AvgIpc) is 2.73. The van der Waals surface area contributed by atoms with Gasteiger partial charge >= 0.3 is 0 Å². The number of nitrogens with zero attached hydrogens (tertiary/aromatic N) is 1. The van der Waals surface area contributed by atoms with Crippen molar-refractivity contribution in [2.75, 3.05) is 18.4 Å². The number of anilines is 1. The molecule has 0 radical (unpaired) electrons. The van der Waals surface area contributed by atoms with Crippen molar-refractivity contribution in [3.05, 3.63) is 59.7 Å². The molecule has 2 rings (SSSR count). The number of ether oxygens (including phenoxy) is 1. The second kappa shape index (κ2) is 11.0. The van der Waals surface area contributed by atoms with E-state index in [0.29, 0.717) is 17.0 Å². The highest BCUT2D eigenvalue weighted by atomic mass is 16.5. The molecule has 0 aliphatic rings. The number of nitrogens with one attached hydrogen (secondary N) is 1. The molecule has 5 heteroatoms. The Balaban J connectivity index is 1.96. The van der Waals surface area contributed by atoms with Gasteiger partial charge in [0, 0.05) is 24.3 Å². The van der Waals surface area contributed by atoms with Gasteiger partial charge in [-0.3, -0.25) is 9.59 Å². The van der Waals surface area contributed by atoms with Crippen LogP contribution in [0, 0.1) is 0 Å². The van der Waals surface area contributed by atoms with Gasteiger partial charge < -0.3 is 15.0 Å². The van der Waals surface area contributed by atoms with Gasteiger partial charge in [-0.05, 0) is 67.1 Å². The maximum absolute atomic E-state index is 12.7. The lowest BCUT2D eigenvalue weighted by Gasteiger charge is -2.21. The summed E-state index contributed by atoms with van der Waals surface area (Å²) in [4.78, 5) is 27.1. The first-order valence-corrected chi connectivity index (χ1v) is 11.1. The number of hydrogen-bond acceptors (Lipinski definition) is 3. The van der Waals surface area contributed by atoms with E-state index in [1.807, 2.05) is 29.2 Å². The molecule has 2 amide bonds. The van der Waals surface area contributed by atoms with Crippen molar-refractivity contribution in [2.45, 2.75) is 65.9 Å². The van der Waals surface area contributed by atoms with Gasteiger partial charge in [0.2, 0.25) is 0 Å². The van der Waals surface area contributed by atoms with E-state index in [2.05, 4.69) is 39.9 Å². The van der Waals surface area contributed by atoms with Gasteiger partial charge in [0.05, 0.1) is 0 Å². The highest BCUT2D eigenvalue weighted by Crippen LogP contribution is 2.24. The highest BCUT2D eigenvalue weighted by Gasteiger charge is 2.18. The van der Waals surface area contributed by atoms with Gasteiger partial charge in [0.1, 0.15) is 5.75 Å². The smallest absolute Gasteiger partial charge is 0.265 e. The number of hydrogen-bond donors (Lipinski definition) is 1. The standard InChI is InChI=1S/C26H36N2O3/c1-7-17-28(18-8-2)25(30)20-9-13-22(14-10-20)27-24(29)19(3)31-23-15-11-21(12-16-23)26(4,5)6/h9-16,19H,7-8,17-18H2,1-6H3,(H,27,29). The van der Waals surface area contributed by atoms with Crippen molar-refractivity contribution in [1.82, 2.24) is 4.90 Å². The largest absolute Gasteiger partial charge is 0.481 e. The third-order valence-corrected chi connectivity index (χ3v) is 5.08. The molecule has 0 aliphatic heterocycles. The Morgan fingerprint density at radius 1 is 0.935 bits per heavy atom. The quantitative estimate of drug-likeness (QED) is 0.566. The summed E-state index contributed by atoms with van der Waals surface area (Å²) in [5, 5.41) is 2.85. The molecule has 5 nitrogen and oxygen atoms in total. The SMILES string of the molecule is CCCN(CCC)C(=O)c1ccc(NC(=O)C(C)Oc2ccc(C(C)(C)C)cc2)cc1. The summed E-state index contributed by atoms with van der Waals surface area (Å²) in [7, 11) is 0. The van der Waals surface area contributed by atoms with Crippen LogP contribution in [-0.2, 0) is 10.2 Å². The summed E-state index contributed by atoms with van der Waals surface area (Å²) in [5.74, 6) is 0.443. The van der Waals surface area contributed by atoms with Gasteiger partial charge in [-0.2, -0.15) is 0 Å². The molecular formula is C26H36N2O3. The Bertz CT molecular complexity index is 846. The van der Waals surface area contributed by atoms with Crippen LogP contribution in [0.25, 0.3) is 0 Å². The van der Waals surface area contributed by atoms with Gasteiger partial charge in [-0.1, -0.05) is 46.8 Å². The van der Waals surface area contributed by atoms with E-state index in [0.717, 1.165) is 25.9 Å². The van der Waals surface area contributed by atoms with Crippen molar-refractivity contribution < 1.29 is 14.3 Å². The topological polar surface area (TPSA) is 58.6 Å². The molecule has 0 aromatic heterocycles. The van der Waals surface area contributed by atoms with E-state index in [9.17, 15) is 9.59 Å². The zero-order valence-electron chi connectivity index (χ0n) is 19.7. The van der Waals surface area contributed by atoms with Crippen molar-refractivity contribution in [3.63, 3.8) is 0 Å². The maximum Gasteiger partial charge on any atom is 0.265 e. The minimum atomic E-state index is -0.647. The third kappa shape index (κ3) is 7.12. The Kier molecular flexibility index (Phi) is 8.66. The number of benzene rings is 2. The van der Waals surface area contributed by atoms with Crippen LogP contribution < -0.4 is 10.1 Å². The zero-order valence-corrected chi connectivity index (χ0v) is 19.7. The molecule has 0 heterocycles. The lowest BCUT2D eigenvalue weighted by Crippen LogP contribution is -2.32. The highest BCUT2D eigenvalue weighted by molar-refractivity contribution is 5.96. The van der Waals surface area contributed by atoms with Crippen LogP contribution in [0.15, 0.2) is 48.5 Å². The first-order valence-electron chi connectivity index (χ1n) is 11.1. The van der Waals surface area contributed by atoms with Crippen LogP contribution in [0.5, 0.6) is 5.75 Å². The summed E-state index contributed by atoms with van der Waals surface area (Å²) in [6.45, 7) is 13.8. The number of carbonyl (C=O) groups excluding carboxylic acids is 2. The normalized spacial score (nSPS) is 12.2. The predicted molar refractivity (Wildman–Crippen MR) is 127 cm³/mol. The summed E-state index contributed by atoms with van der Waals surface area (Å²) >= 11 is 0. The molecule has 0 bridgehead atoms. The molecular weight excluding hydrogens is 388 g/mol. The first kappa shape index (κ1) is 24.4. The van der Waals surface area contributed by atoms with Crippen LogP contribution in [0.4, 0.5) is 5.69 Å². The molecule has 0 saturated carbocycles. The summed E-state index contributed by atoms with van der Waals surface area (Å²) < 4.78 is 5.79. The molecule has 31 heavy (non-hydrogen) atoms. The van der Waals surface area contributed by atoms with Crippen LogP contribution >= 0.6 is 0 Å². The lowest BCUT2D eigenvalue weighted by molar-refractivity contribution is -0.122. The monoisotopic (exact) mass is 424 g/mol. The number of carbonyl (C=O) groups is 2. The minimum absolute atomic E-state index is 0.0250. The van der Waals surface area contributed by atoms with Gasteiger partial charge in [-0.25, -0.2) is 0 Å². The van der Waals surface area contributed by atoms with Crippen LogP contribution in [0.3, 0.4) is 0 Å². The van der Waals surface area contributed by atoms with Gasteiger partial charge in [-0.15, -0.1) is 0 Å². The number of rotatable bonds is 9. The summed E-state index contributed by atoms with van der Waals surface area (Å²) in [6, 6.07) is 14.9. The Hall–Kier alpha value is -2.82. The third-order valence-electron chi connectivity index (χ3n) is 5.08. The van der Waals surface area contributed by atoms with Crippen molar-refractivity contribution in [3.8, 4) is 5.75 Å². The van der Waals surface area contributed by atoms with Gasteiger partial charge in [0.15, 0.2) is 6.10 Å².